The van der Waals surface area contributed by atoms with E-state index >= 15 is 0 Å². The van der Waals surface area contributed by atoms with Gasteiger partial charge in [0.15, 0.2) is 0 Å². The van der Waals surface area contributed by atoms with Crippen molar-refractivity contribution in [3.05, 3.63) is 5.28 Å². The number of nitrogens with zero attached hydrogens (tertiary/aromatic N) is 3. The lowest BCUT2D eigenvalue weighted by Crippen LogP contribution is -2.30. The zero-order chi connectivity index (χ0) is 13.4. The zero-order valence-corrected chi connectivity index (χ0v) is 11.2. The molecule has 0 fully saturated rings. The van der Waals surface area contributed by atoms with Crippen LogP contribution in [0.1, 0.15) is 20.3 Å². The van der Waals surface area contributed by atoms with Gasteiger partial charge in [-0.05, 0) is 24.9 Å². The number of anilines is 2. The smallest absolute Gasteiger partial charge is 0.239 e. The van der Waals surface area contributed by atoms with Gasteiger partial charge in [-0.15, -0.1) is 0 Å². The first kappa shape index (κ1) is 14.4. The molecule has 100 valence electrons. The fourth-order valence-electron chi connectivity index (χ4n) is 1.15. The van der Waals surface area contributed by atoms with Crippen molar-refractivity contribution in [2.45, 2.75) is 20.3 Å². The Balaban J connectivity index is 2.53. The van der Waals surface area contributed by atoms with Crippen LogP contribution in [0.4, 0.5) is 11.9 Å². The second-order valence-electron chi connectivity index (χ2n) is 3.49. The lowest BCUT2D eigenvalue weighted by atomic mass is 10.4. The van der Waals surface area contributed by atoms with Gasteiger partial charge in [-0.3, -0.25) is 4.79 Å². The van der Waals surface area contributed by atoms with Gasteiger partial charge in [0.05, 0.1) is 6.54 Å². The average Bonchev–Trinajstić information content (AvgIpc) is 2.33. The van der Waals surface area contributed by atoms with Crippen LogP contribution in [-0.2, 0) is 4.79 Å². The predicted octanol–water partition coefficient (Wildman–Crippen LogP) is 0.895. The Morgan fingerprint density at radius 2 is 1.83 bits per heavy atom. The van der Waals surface area contributed by atoms with Crippen LogP contribution in [0.15, 0.2) is 0 Å². The number of hydrogen-bond acceptors (Lipinski definition) is 6. The molecule has 0 unspecified atom stereocenters. The molecule has 18 heavy (non-hydrogen) atoms. The van der Waals surface area contributed by atoms with Crippen molar-refractivity contribution in [3.8, 4) is 0 Å². The number of nitrogens with one attached hydrogen (secondary N) is 3. The molecular formula is C10H17ClN6O. The second-order valence-corrected chi connectivity index (χ2v) is 3.82. The SMILES string of the molecule is CCCNC(=O)CNc1nc(Cl)nc(NCC)n1. The molecule has 3 N–H and O–H groups in total. The van der Waals surface area contributed by atoms with Gasteiger partial charge in [0.2, 0.25) is 23.1 Å². The standard InChI is InChI=1S/C10H17ClN6O/c1-3-5-13-7(18)6-14-10-16-8(11)15-9(17-10)12-4-2/h3-6H2,1-2H3,(H,13,18)(H2,12,14,15,16,17). The highest BCUT2D eigenvalue weighted by atomic mass is 35.5. The highest BCUT2D eigenvalue weighted by molar-refractivity contribution is 6.28. The Bertz CT molecular complexity index is 400. The molecule has 0 spiro atoms. The van der Waals surface area contributed by atoms with Crippen molar-refractivity contribution in [3.63, 3.8) is 0 Å². The summed E-state index contributed by atoms with van der Waals surface area (Å²) in [5.74, 6) is 0.546. The maximum atomic E-state index is 11.4. The van der Waals surface area contributed by atoms with Crippen LogP contribution in [0.2, 0.25) is 5.28 Å². The first-order chi connectivity index (χ1) is 8.65. The number of halogens is 1. The van der Waals surface area contributed by atoms with Crippen molar-refractivity contribution in [1.29, 1.82) is 0 Å². The third-order valence-corrected chi connectivity index (χ3v) is 2.09. The van der Waals surface area contributed by atoms with E-state index in [0.29, 0.717) is 19.0 Å². The summed E-state index contributed by atoms with van der Waals surface area (Å²) in [6.07, 6.45) is 0.897. The summed E-state index contributed by atoms with van der Waals surface area (Å²) in [7, 11) is 0. The quantitative estimate of drug-likeness (QED) is 0.683. The van der Waals surface area contributed by atoms with E-state index in [-0.39, 0.29) is 23.7 Å². The van der Waals surface area contributed by atoms with Crippen LogP contribution in [0, 0.1) is 0 Å². The number of carbonyl (C=O) groups excluding carboxylic acids is 1. The van der Waals surface area contributed by atoms with Crippen LogP contribution in [0.3, 0.4) is 0 Å². The summed E-state index contributed by atoms with van der Waals surface area (Å²) < 4.78 is 0. The predicted molar refractivity (Wildman–Crippen MR) is 70.8 cm³/mol. The molecule has 0 aliphatic heterocycles. The normalized spacial score (nSPS) is 9.94. The van der Waals surface area contributed by atoms with Gasteiger partial charge in [0.1, 0.15) is 0 Å². The minimum Gasteiger partial charge on any atom is -0.355 e. The topological polar surface area (TPSA) is 91.8 Å². The Hall–Kier alpha value is -1.63. The van der Waals surface area contributed by atoms with E-state index in [9.17, 15) is 4.79 Å². The van der Waals surface area contributed by atoms with Gasteiger partial charge in [-0.25, -0.2) is 0 Å². The molecule has 0 atom stereocenters. The maximum absolute atomic E-state index is 11.4. The molecule has 0 aromatic carbocycles. The third kappa shape index (κ3) is 5.13. The highest BCUT2D eigenvalue weighted by Gasteiger charge is 2.05. The summed E-state index contributed by atoms with van der Waals surface area (Å²) in [4.78, 5) is 23.2. The molecular weight excluding hydrogens is 256 g/mol. The van der Waals surface area contributed by atoms with Crippen LogP contribution in [0.25, 0.3) is 0 Å². The fourth-order valence-corrected chi connectivity index (χ4v) is 1.31. The lowest BCUT2D eigenvalue weighted by molar-refractivity contribution is -0.119. The second kappa shape index (κ2) is 7.65. The summed E-state index contributed by atoms with van der Waals surface area (Å²) >= 11 is 5.74. The van der Waals surface area contributed by atoms with Gasteiger partial charge in [-0.2, -0.15) is 15.0 Å². The van der Waals surface area contributed by atoms with Crippen molar-refractivity contribution >= 4 is 29.4 Å². The Morgan fingerprint density at radius 1 is 1.17 bits per heavy atom. The van der Waals surface area contributed by atoms with E-state index in [1.165, 1.54) is 0 Å². The number of aromatic nitrogens is 3. The molecule has 0 aliphatic carbocycles. The van der Waals surface area contributed by atoms with Gasteiger partial charge >= 0.3 is 0 Å². The molecule has 0 radical (unpaired) electrons. The number of hydrogen-bond donors (Lipinski definition) is 3. The first-order valence-electron chi connectivity index (χ1n) is 5.81. The van der Waals surface area contributed by atoms with E-state index in [0.717, 1.165) is 6.42 Å². The van der Waals surface area contributed by atoms with Crippen molar-refractivity contribution in [2.75, 3.05) is 30.3 Å². The van der Waals surface area contributed by atoms with Crippen LogP contribution < -0.4 is 16.0 Å². The number of carbonyl (C=O) groups is 1. The van der Waals surface area contributed by atoms with Gasteiger partial charge in [0, 0.05) is 13.1 Å². The number of amides is 1. The average molecular weight is 273 g/mol. The van der Waals surface area contributed by atoms with Gasteiger partial charge < -0.3 is 16.0 Å². The minimum absolute atomic E-state index is 0.0809. The molecule has 0 saturated carbocycles. The molecule has 0 bridgehead atoms. The molecule has 7 nitrogen and oxygen atoms in total. The third-order valence-electron chi connectivity index (χ3n) is 1.92. The monoisotopic (exact) mass is 272 g/mol. The van der Waals surface area contributed by atoms with E-state index in [1.54, 1.807) is 0 Å². The highest BCUT2D eigenvalue weighted by Crippen LogP contribution is 2.08. The molecule has 1 amide bonds. The minimum atomic E-state index is -0.113. The zero-order valence-electron chi connectivity index (χ0n) is 10.5. The van der Waals surface area contributed by atoms with Crippen molar-refractivity contribution in [1.82, 2.24) is 20.3 Å². The first-order valence-corrected chi connectivity index (χ1v) is 6.19. The molecule has 1 aromatic rings. The van der Waals surface area contributed by atoms with E-state index in [4.69, 9.17) is 11.6 Å². The molecule has 0 aliphatic rings. The van der Waals surface area contributed by atoms with Gasteiger partial charge in [0.25, 0.3) is 0 Å². The Kier molecular flexibility index (Phi) is 6.13. The Labute approximate surface area is 111 Å². The van der Waals surface area contributed by atoms with Gasteiger partial charge in [-0.1, -0.05) is 6.92 Å². The Morgan fingerprint density at radius 3 is 2.44 bits per heavy atom. The molecule has 1 rings (SSSR count). The maximum Gasteiger partial charge on any atom is 0.239 e. The van der Waals surface area contributed by atoms with E-state index in [2.05, 4.69) is 30.9 Å². The summed E-state index contributed by atoms with van der Waals surface area (Å²) in [5.41, 5.74) is 0. The lowest BCUT2D eigenvalue weighted by Gasteiger charge is -2.07. The van der Waals surface area contributed by atoms with Crippen molar-refractivity contribution < 1.29 is 4.79 Å². The van der Waals surface area contributed by atoms with Crippen LogP contribution >= 0.6 is 11.6 Å². The summed E-state index contributed by atoms with van der Waals surface area (Å²) in [6.45, 7) is 5.34. The van der Waals surface area contributed by atoms with E-state index < -0.39 is 0 Å². The summed E-state index contributed by atoms with van der Waals surface area (Å²) in [6, 6.07) is 0. The molecule has 1 heterocycles. The van der Waals surface area contributed by atoms with Crippen molar-refractivity contribution in [2.24, 2.45) is 0 Å². The molecule has 8 heteroatoms. The number of rotatable bonds is 7. The summed E-state index contributed by atoms with van der Waals surface area (Å²) in [5, 5.41) is 8.53. The fraction of sp³-hybridized carbons (Fsp3) is 0.600. The largest absolute Gasteiger partial charge is 0.355 e. The van der Waals surface area contributed by atoms with Crippen LogP contribution in [0.5, 0.6) is 0 Å². The van der Waals surface area contributed by atoms with Crippen LogP contribution in [-0.4, -0.2) is 40.5 Å². The molecule has 0 saturated heterocycles. The molecule has 1 aromatic heterocycles. The van der Waals surface area contributed by atoms with E-state index in [1.807, 2.05) is 13.8 Å².